The molecule has 0 radical (unpaired) electrons. The zero-order valence-corrected chi connectivity index (χ0v) is 26.1. The Morgan fingerprint density at radius 1 is 0.725 bits per heavy atom. The fraction of sp³-hybridized carbons (Fsp3) is 0.588. The summed E-state index contributed by atoms with van der Waals surface area (Å²) in [6, 6.07) is 7.69. The summed E-state index contributed by atoms with van der Waals surface area (Å²) in [7, 11) is 0. The van der Waals surface area contributed by atoms with Crippen LogP contribution in [-0.4, -0.2) is 28.4 Å². The van der Waals surface area contributed by atoms with Crippen LogP contribution in [0.2, 0.25) is 0 Å². The van der Waals surface area contributed by atoms with Gasteiger partial charge in [0.25, 0.3) is 0 Å². The molecule has 0 saturated heterocycles. The van der Waals surface area contributed by atoms with Gasteiger partial charge < -0.3 is 19.7 Å². The zero-order valence-electron chi connectivity index (χ0n) is 26.1. The highest BCUT2D eigenvalue weighted by Crippen LogP contribution is 2.35. The van der Waals surface area contributed by atoms with E-state index in [9.17, 15) is 19.8 Å². The third kappa shape index (κ3) is 9.87. The van der Waals surface area contributed by atoms with Gasteiger partial charge in [-0.2, -0.15) is 0 Å². The van der Waals surface area contributed by atoms with Crippen molar-refractivity contribution in [2.24, 2.45) is 0 Å². The first-order chi connectivity index (χ1) is 18.5. The molecule has 6 heteroatoms. The molecule has 0 aliphatic carbocycles. The fourth-order valence-electron chi connectivity index (χ4n) is 4.75. The largest absolute Gasteiger partial charge is 0.507 e. The number of aryl methyl sites for hydroxylation is 4. The van der Waals surface area contributed by atoms with Crippen molar-refractivity contribution in [1.29, 1.82) is 0 Å². The molecule has 0 aliphatic heterocycles. The molecule has 0 unspecified atom stereocenters. The van der Waals surface area contributed by atoms with Gasteiger partial charge >= 0.3 is 11.9 Å². The molecule has 0 bridgehead atoms. The molecule has 0 aliphatic rings. The predicted octanol–water partition coefficient (Wildman–Crippen LogP) is 7.87. The van der Waals surface area contributed by atoms with Crippen LogP contribution in [0.1, 0.15) is 120 Å². The first-order valence-electron chi connectivity index (χ1n) is 14.6. The van der Waals surface area contributed by atoms with Gasteiger partial charge in [-0.15, -0.1) is 0 Å². The molecule has 0 amide bonds. The van der Waals surface area contributed by atoms with Crippen molar-refractivity contribution in [1.82, 2.24) is 0 Å². The number of carbonyl (C=O) groups excluding carboxylic acids is 2. The van der Waals surface area contributed by atoms with E-state index in [-0.39, 0.29) is 23.7 Å². The molecule has 6 nitrogen and oxygen atoms in total. The van der Waals surface area contributed by atoms with Crippen LogP contribution >= 0.6 is 0 Å². The second kappa shape index (κ2) is 14.0. The number of phenolic OH excluding ortho intramolecular Hbond substituents is 2. The van der Waals surface area contributed by atoms with E-state index >= 15 is 0 Å². The second-order valence-corrected chi connectivity index (χ2v) is 13.0. The molecule has 0 atom stereocenters. The van der Waals surface area contributed by atoms with E-state index in [1.807, 2.05) is 79.7 Å². The van der Waals surface area contributed by atoms with Crippen LogP contribution in [0, 0.1) is 13.8 Å². The Hall–Kier alpha value is -3.02. The fourth-order valence-corrected chi connectivity index (χ4v) is 4.75. The highest BCUT2D eigenvalue weighted by atomic mass is 16.7. The molecule has 2 aromatic carbocycles. The van der Waals surface area contributed by atoms with Crippen molar-refractivity contribution >= 4 is 11.9 Å². The molecule has 2 N–H and O–H groups in total. The molecule has 2 rings (SSSR count). The SMILES string of the molecule is CCCCCC(OC(=O)CCc1cc(C)c(O)c(C(C)(C)C)c1)OC(=O)CCc1cc(C)c(O)c(C(C)(C)C)c1. The van der Waals surface area contributed by atoms with Crippen LogP contribution in [0.4, 0.5) is 0 Å². The Kier molecular flexibility index (Phi) is 11.7. The Morgan fingerprint density at radius 2 is 1.12 bits per heavy atom. The van der Waals surface area contributed by atoms with Crippen LogP contribution in [0.5, 0.6) is 11.5 Å². The summed E-state index contributed by atoms with van der Waals surface area (Å²) in [6.07, 6.45) is 3.53. The molecule has 0 heterocycles. The van der Waals surface area contributed by atoms with Crippen molar-refractivity contribution in [3.8, 4) is 11.5 Å². The Morgan fingerprint density at radius 3 is 1.48 bits per heavy atom. The number of ether oxygens (including phenoxy) is 2. The Balaban J connectivity index is 2.02. The monoisotopic (exact) mass is 554 g/mol. The van der Waals surface area contributed by atoms with E-state index in [2.05, 4.69) is 6.92 Å². The molecule has 0 aromatic heterocycles. The lowest BCUT2D eigenvalue weighted by atomic mass is 9.83. The van der Waals surface area contributed by atoms with Gasteiger partial charge in [-0.3, -0.25) is 9.59 Å². The van der Waals surface area contributed by atoms with E-state index in [0.717, 1.165) is 52.6 Å². The van der Waals surface area contributed by atoms with Crippen molar-refractivity contribution in [2.75, 3.05) is 0 Å². The van der Waals surface area contributed by atoms with Crippen LogP contribution in [0.15, 0.2) is 24.3 Å². The maximum atomic E-state index is 12.8. The molecule has 0 saturated carbocycles. The van der Waals surface area contributed by atoms with Crippen LogP contribution in [0.25, 0.3) is 0 Å². The standard InChI is InChI=1S/C34H50O6/c1-10-11-12-13-30(39-28(35)16-14-24-18-22(2)31(37)26(20-24)33(4,5)6)40-29(36)17-15-25-19-23(3)32(38)27(21-25)34(7,8)9/h18-21,30,37-38H,10-17H2,1-9H3. The summed E-state index contributed by atoms with van der Waals surface area (Å²) in [6.45, 7) is 18.1. The summed E-state index contributed by atoms with van der Waals surface area (Å²) in [4.78, 5) is 25.5. The van der Waals surface area contributed by atoms with Gasteiger partial charge in [0.15, 0.2) is 0 Å². The molecule has 2 aromatic rings. The smallest absolute Gasteiger partial charge is 0.309 e. The quantitative estimate of drug-likeness (QED) is 0.158. The van der Waals surface area contributed by atoms with Crippen molar-refractivity contribution < 1.29 is 29.3 Å². The first kappa shape index (κ1) is 33.2. The number of hydrogen-bond donors (Lipinski definition) is 2. The highest BCUT2D eigenvalue weighted by Gasteiger charge is 2.23. The molecule has 222 valence electrons. The van der Waals surface area contributed by atoms with E-state index in [0.29, 0.717) is 30.8 Å². The topological polar surface area (TPSA) is 93.1 Å². The van der Waals surface area contributed by atoms with Crippen LogP contribution in [-0.2, 0) is 42.7 Å². The van der Waals surface area contributed by atoms with Gasteiger partial charge in [-0.25, -0.2) is 0 Å². The average molecular weight is 555 g/mol. The van der Waals surface area contributed by atoms with Crippen molar-refractivity contribution in [3.63, 3.8) is 0 Å². The van der Waals surface area contributed by atoms with E-state index in [4.69, 9.17) is 9.47 Å². The molecule has 0 fully saturated rings. The van der Waals surface area contributed by atoms with Gasteiger partial charge in [0, 0.05) is 19.3 Å². The third-order valence-corrected chi connectivity index (χ3v) is 7.14. The maximum Gasteiger partial charge on any atom is 0.309 e. The zero-order chi connectivity index (χ0) is 30.3. The van der Waals surface area contributed by atoms with Gasteiger partial charge in [0.2, 0.25) is 6.29 Å². The number of unbranched alkanes of at least 4 members (excludes halogenated alkanes) is 2. The molecular formula is C34H50O6. The van der Waals surface area contributed by atoms with Gasteiger partial charge in [-0.1, -0.05) is 85.6 Å². The number of aromatic hydroxyl groups is 2. The summed E-state index contributed by atoms with van der Waals surface area (Å²) in [5.74, 6) is -0.250. The van der Waals surface area contributed by atoms with Crippen molar-refractivity contribution in [2.45, 2.75) is 131 Å². The number of hydrogen-bond acceptors (Lipinski definition) is 6. The predicted molar refractivity (Wildman–Crippen MR) is 160 cm³/mol. The Labute approximate surface area is 241 Å². The number of rotatable bonds is 12. The molecule has 0 spiro atoms. The third-order valence-electron chi connectivity index (χ3n) is 7.14. The van der Waals surface area contributed by atoms with Crippen molar-refractivity contribution in [3.05, 3.63) is 57.6 Å². The van der Waals surface area contributed by atoms with Gasteiger partial charge in [0.1, 0.15) is 11.5 Å². The minimum absolute atomic E-state index is 0.151. The average Bonchev–Trinajstić information content (AvgIpc) is 2.83. The van der Waals surface area contributed by atoms with E-state index in [1.54, 1.807) is 0 Å². The number of benzene rings is 2. The highest BCUT2D eigenvalue weighted by molar-refractivity contribution is 5.72. The Bertz CT molecular complexity index is 1080. The number of esters is 2. The lowest BCUT2D eigenvalue weighted by Crippen LogP contribution is -2.25. The lowest BCUT2D eigenvalue weighted by molar-refractivity contribution is -0.189. The summed E-state index contributed by atoms with van der Waals surface area (Å²) >= 11 is 0. The first-order valence-corrected chi connectivity index (χ1v) is 14.6. The molecule has 40 heavy (non-hydrogen) atoms. The van der Waals surface area contributed by atoms with Crippen LogP contribution < -0.4 is 0 Å². The maximum absolute atomic E-state index is 12.8. The van der Waals surface area contributed by atoms with Gasteiger partial charge in [-0.05, 0) is 77.3 Å². The lowest BCUT2D eigenvalue weighted by Gasteiger charge is -2.23. The summed E-state index contributed by atoms with van der Waals surface area (Å²) in [5, 5.41) is 21.0. The summed E-state index contributed by atoms with van der Waals surface area (Å²) < 4.78 is 11.3. The number of phenols is 2. The normalized spacial score (nSPS) is 12.1. The molecular weight excluding hydrogens is 504 g/mol. The summed E-state index contributed by atoms with van der Waals surface area (Å²) in [5.41, 5.74) is 4.71. The minimum atomic E-state index is -0.912. The van der Waals surface area contributed by atoms with Gasteiger partial charge in [0.05, 0.1) is 0 Å². The van der Waals surface area contributed by atoms with E-state index in [1.165, 1.54) is 0 Å². The second-order valence-electron chi connectivity index (χ2n) is 13.0. The van der Waals surface area contributed by atoms with E-state index < -0.39 is 18.2 Å². The number of carbonyl (C=O) groups is 2. The minimum Gasteiger partial charge on any atom is -0.507 e. The van der Waals surface area contributed by atoms with Crippen LogP contribution in [0.3, 0.4) is 0 Å².